The van der Waals surface area contributed by atoms with Crippen LogP contribution in [-0.2, 0) is 4.74 Å². The van der Waals surface area contributed by atoms with Crippen LogP contribution in [0.2, 0.25) is 0 Å². The van der Waals surface area contributed by atoms with Gasteiger partial charge in [-0.15, -0.1) is 0 Å². The highest BCUT2D eigenvalue weighted by atomic mass is 79.9. The van der Waals surface area contributed by atoms with E-state index in [-0.39, 0.29) is 12.1 Å². The third kappa shape index (κ3) is 3.54. The number of benzene rings is 1. The summed E-state index contributed by atoms with van der Waals surface area (Å²) in [5.74, 6) is 0. The van der Waals surface area contributed by atoms with E-state index in [4.69, 9.17) is 10.5 Å². The molecular weight excluding hydrogens is 278 g/mol. The molecular formula is C14H20BrNO. The zero-order valence-electron chi connectivity index (χ0n) is 10.2. The first kappa shape index (κ1) is 13.1. The van der Waals surface area contributed by atoms with Crippen LogP contribution in [-0.4, -0.2) is 12.1 Å². The summed E-state index contributed by atoms with van der Waals surface area (Å²) in [6, 6.07) is 8.29. The van der Waals surface area contributed by atoms with Crippen LogP contribution in [0.4, 0.5) is 0 Å². The van der Waals surface area contributed by atoms with E-state index in [9.17, 15) is 0 Å². The fourth-order valence-electron chi connectivity index (χ4n) is 2.39. The van der Waals surface area contributed by atoms with Gasteiger partial charge in [-0.25, -0.2) is 0 Å². The smallest absolute Gasteiger partial charge is 0.0976 e. The van der Waals surface area contributed by atoms with Crippen LogP contribution in [0.25, 0.3) is 0 Å². The predicted octanol–water partition coefficient (Wildman–Crippen LogP) is 3.80. The van der Waals surface area contributed by atoms with Crippen molar-refractivity contribution < 1.29 is 4.74 Å². The number of hydrogen-bond acceptors (Lipinski definition) is 2. The Labute approximate surface area is 112 Å². The average molecular weight is 298 g/mol. The molecule has 0 bridgehead atoms. The lowest BCUT2D eigenvalue weighted by molar-refractivity contribution is -0.0202. The number of rotatable bonds is 4. The van der Waals surface area contributed by atoms with Gasteiger partial charge in [-0.05, 0) is 37.5 Å². The summed E-state index contributed by atoms with van der Waals surface area (Å²) in [7, 11) is 0. The van der Waals surface area contributed by atoms with Gasteiger partial charge in [0.15, 0.2) is 0 Å². The molecule has 1 aliphatic rings. The minimum absolute atomic E-state index is 0.0196. The van der Waals surface area contributed by atoms with Gasteiger partial charge in [0.25, 0.3) is 0 Å². The molecule has 3 heteroatoms. The summed E-state index contributed by atoms with van der Waals surface area (Å²) in [5, 5.41) is 0. The van der Waals surface area contributed by atoms with E-state index < -0.39 is 0 Å². The molecule has 94 valence electrons. The number of halogens is 1. The minimum atomic E-state index is 0.0196. The zero-order valence-corrected chi connectivity index (χ0v) is 11.8. The molecule has 2 unspecified atom stereocenters. The first-order valence-corrected chi connectivity index (χ1v) is 7.12. The maximum absolute atomic E-state index is 6.16. The van der Waals surface area contributed by atoms with Crippen molar-refractivity contribution >= 4 is 15.9 Å². The van der Waals surface area contributed by atoms with Crippen LogP contribution in [0.5, 0.6) is 0 Å². The van der Waals surface area contributed by atoms with Crippen LogP contribution >= 0.6 is 15.9 Å². The zero-order chi connectivity index (χ0) is 12.3. The molecule has 0 heterocycles. The van der Waals surface area contributed by atoms with Crippen molar-refractivity contribution in [1.29, 1.82) is 0 Å². The van der Waals surface area contributed by atoms with Crippen LogP contribution in [0.3, 0.4) is 0 Å². The molecule has 2 N–H and O–H groups in total. The Morgan fingerprint density at radius 2 is 1.82 bits per heavy atom. The summed E-state index contributed by atoms with van der Waals surface area (Å²) in [5.41, 5.74) is 7.22. The molecule has 2 rings (SSSR count). The number of hydrogen-bond donors (Lipinski definition) is 1. The topological polar surface area (TPSA) is 35.2 Å². The second-order valence-electron chi connectivity index (χ2n) is 4.87. The molecule has 17 heavy (non-hydrogen) atoms. The van der Waals surface area contributed by atoms with E-state index in [0.717, 1.165) is 4.47 Å². The Balaban J connectivity index is 2.08. The van der Waals surface area contributed by atoms with Gasteiger partial charge in [0.05, 0.1) is 12.2 Å². The van der Waals surface area contributed by atoms with E-state index in [2.05, 4.69) is 28.1 Å². The molecule has 0 amide bonds. The van der Waals surface area contributed by atoms with Gasteiger partial charge in [0, 0.05) is 10.5 Å². The largest absolute Gasteiger partial charge is 0.369 e. The molecule has 0 aliphatic heterocycles. The second kappa shape index (κ2) is 5.98. The van der Waals surface area contributed by atoms with Crippen molar-refractivity contribution in [3.05, 3.63) is 34.3 Å². The predicted molar refractivity (Wildman–Crippen MR) is 73.9 cm³/mol. The summed E-state index contributed by atoms with van der Waals surface area (Å²) in [4.78, 5) is 0. The summed E-state index contributed by atoms with van der Waals surface area (Å²) < 4.78 is 7.25. The monoisotopic (exact) mass is 297 g/mol. The standard InChI is InChI=1S/C14H20BrNO/c1-10(16)14(17-13-4-2-3-5-13)11-6-8-12(15)9-7-11/h6-10,13-14H,2-5,16H2,1H3. The minimum Gasteiger partial charge on any atom is -0.369 e. The van der Waals surface area contributed by atoms with Gasteiger partial charge in [0.1, 0.15) is 0 Å². The Kier molecular flexibility index (Phi) is 4.60. The van der Waals surface area contributed by atoms with Crippen molar-refractivity contribution in [2.45, 2.75) is 50.9 Å². The molecule has 1 saturated carbocycles. The third-order valence-corrected chi connectivity index (χ3v) is 3.85. The number of ether oxygens (including phenoxy) is 1. The molecule has 1 fully saturated rings. The highest BCUT2D eigenvalue weighted by Crippen LogP contribution is 2.29. The Morgan fingerprint density at radius 3 is 2.35 bits per heavy atom. The van der Waals surface area contributed by atoms with E-state index in [1.807, 2.05) is 19.1 Å². The molecule has 0 aromatic heterocycles. The van der Waals surface area contributed by atoms with Crippen molar-refractivity contribution in [1.82, 2.24) is 0 Å². The van der Waals surface area contributed by atoms with Gasteiger partial charge in [-0.1, -0.05) is 40.9 Å². The van der Waals surface area contributed by atoms with Gasteiger partial charge in [0.2, 0.25) is 0 Å². The second-order valence-corrected chi connectivity index (χ2v) is 5.79. The van der Waals surface area contributed by atoms with Crippen molar-refractivity contribution in [3.8, 4) is 0 Å². The fraction of sp³-hybridized carbons (Fsp3) is 0.571. The Bertz CT molecular complexity index is 344. The first-order valence-electron chi connectivity index (χ1n) is 6.33. The molecule has 0 spiro atoms. The fourth-order valence-corrected chi connectivity index (χ4v) is 2.65. The molecule has 0 radical (unpaired) electrons. The van der Waals surface area contributed by atoms with E-state index >= 15 is 0 Å². The molecule has 1 aromatic carbocycles. The lowest BCUT2D eigenvalue weighted by Crippen LogP contribution is -2.29. The first-order chi connectivity index (χ1) is 8.16. The summed E-state index contributed by atoms with van der Waals surface area (Å²) in [6.07, 6.45) is 5.35. The van der Waals surface area contributed by atoms with Crippen molar-refractivity contribution in [2.24, 2.45) is 5.73 Å². The summed E-state index contributed by atoms with van der Waals surface area (Å²) >= 11 is 3.45. The highest BCUT2D eigenvalue weighted by Gasteiger charge is 2.24. The SMILES string of the molecule is CC(N)C(OC1CCCC1)c1ccc(Br)cc1. The van der Waals surface area contributed by atoms with E-state index in [1.54, 1.807) is 0 Å². The van der Waals surface area contributed by atoms with Gasteiger partial charge < -0.3 is 10.5 Å². The molecule has 1 aliphatic carbocycles. The Hall–Kier alpha value is -0.380. The summed E-state index contributed by atoms with van der Waals surface area (Å²) in [6.45, 7) is 2.02. The molecule has 1 aromatic rings. The lowest BCUT2D eigenvalue weighted by atomic mass is 10.0. The maximum Gasteiger partial charge on any atom is 0.0976 e. The molecule has 0 saturated heterocycles. The van der Waals surface area contributed by atoms with Crippen LogP contribution in [0.1, 0.15) is 44.3 Å². The quantitative estimate of drug-likeness (QED) is 0.917. The van der Waals surface area contributed by atoms with Crippen molar-refractivity contribution in [2.75, 3.05) is 0 Å². The van der Waals surface area contributed by atoms with Crippen molar-refractivity contribution in [3.63, 3.8) is 0 Å². The molecule has 2 nitrogen and oxygen atoms in total. The Morgan fingerprint density at radius 1 is 1.24 bits per heavy atom. The third-order valence-electron chi connectivity index (χ3n) is 3.32. The van der Waals surface area contributed by atoms with E-state index in [0.29, 0.717) is 6.10 Å². The average Bonchev–Trinajstić information content (AvgIpc) is 2.80. The highest BCUT2D eigenvalue weighted by molar-refractivity contribution is 9.10. The van der Waals surface area contributed by atoms with Gasteiger partial charge in [-0.3, -0.25) is 0 Å². The van der Waals surface area contributed by atoms with E-state index in [1.165, 1.54) is 31.2 Å². The van der Waals surface area contributed by atoms with Crippen LogP contribution in [0, 0.1) is 0 Å². The molecule has 2 atom stereocenters. The van der Waals surface area contributed by atoms with Gasteiger partial charge in [-0.2, -0.15) is 0 Å². The van der Waals surface area contributed by atoms with Gasteiger partial charge >= 0.3 is 0 Å². The maximum atomic E-state index is 6.16. The lowest BCUT2D eigenvalue weighted by Gasteiger charge is -2.25. The van der Waals surface area contributed by atoms with Crippen LogP contribution < -0.4 is 5.73 Å². The van der Waals surface area contributed by atoms with Crippen LogP contribution in [0.15, 0.2) is 28.7 Å². The number of nitrogens with two attached hydrogens (primary N) is 1. The normalized spacial score (nSPS) is 20.4.